The van der Waals surface area contributed by atoms with Crippen LogP contribution < -0.4 is 0 Å². The molecule has 0 aromatic heterocycles. The van der Waals surface area contributed by atoms with E-state index >= 15 is 0 Å². The van der Waals surface area contributed by atoms with Gasteiger partial charge in [-0.05, 0) is 18.8 Å². The highest BCUT2D eigenvalue weighted by Gasteiger charge is 2.14. The Hall–Kier alpha value is -0.0800. The van der Waals surface area contributed by atoms with Crippen LogP contribution in [0, 0.1) is 5.92 Å². The first-order valence-corrected chi connectivity index (χ1v) is 3.50. The van der Waals surface area contributed by atoms with Crippen LogP contribution in [-0.4, -0.2) is 26.9 Å². The Balaban J connectivity index is 1.98. The van der Waals surface area contributed by atoms with E-state index in [0.29, 0.717) is 0 Å². The van der Waals surface area contributed by atoms with Crippen LogP contribution >= 0.6 is 0 Å². The van der Waals surface area contributed by atoms with Crippen molar-refractivity contribution in [3.63, 3.8) is 0 Å². The molecule has 0 bridgehead atoms. The lowest BCUT2D eigenvalue weighted by Crippen LogP contribution is -2.02. The van der Waals surface area contributed by atoms with Gasteiger partial charge in [0.1, 0.15) is 0 Å². The molecule has 2 heteroatoms. The highest BCUT2D eigenvalue weighted by atomic mass is 16.5. The van der Waals surface area contributed by atoms with Crippen molar-refractivity contribution < 1.29 is 9.47 Å². The molecule has 0 saturated carbocycles. The maximum atomic E-state index is 5.20. The van der Waals surface area contributed by atoms with E-state index in [-0.39, 0.29) is 0 Å². The quantitative estimate of drug-likeness (QED) is 0.568. The van der Waals surface area contributed by atoms with E-state index in [0.717, 1.165) is 32.2 Å². The molecule has 1 fully saturated rings. The largest absolute Gasteiger partial charge is 0.385 e. The van der Waals surface area contributed by atoms with Crippen LogP contribution in [0.5, 0.6) is 0 Å². The zero-order chi connectivity index (χ0) is 6.53. The molecule has 54 valence electrons. The van der Waals surface area contributed by atoms with E-state index in [9.17, 15) is 0 Å². The summed E-state index contributed by atoms with van der Waals surface area (Å²) in [6.45, 7) is 2.78. The van der Waals surface area contributed by atoms with Gasteiger partial charge in [-0.3, -0.25) is 0 Å². The lowest BCUT2D eigenvalue weighted by Gasteiger charge is -2.03. The molecule has 1 saturated heterocycles. The standard InChI is InChI=1S/C7H14O2/c1-8-4-2-7-3-5-9-6-7/h7H,2-6H2,1H3. The molecular formula is C7H14O2. The number of hydrogen-bond acceptors (Lipinski definition) is 2. The smallest absolute Gasteiger partial charge is 0.0495 e. The molecule has 0 aliphatic carbocycles. The summed E-state index contributed by atoms with van der Waals surface area (Å²) < 4.78 is 10.1. The Bertz CT molecular complexity index is 67.3. The fourth-order valence-electron chi connectivity index (χ4n) is 1.10. The molecule has 9 heavy (non-hydrogen) atoms. The van der Waals surface area contributed by atoms with Gasteiger partial charge in [-0.2, -0.15) is 0 Å². The van der Waals surface area contributed by atoms with Gasteiger partial charge in [0.2, 0.25) is 0 Å². The molecule has 0 aromatic carbocycles. The molecule has 1 atom stereocenters. The predicted molar refractivity (Wildman–Crippen MR) is 35.4 cm³/mol. The van der Waals surface area contributed by atoms with Gasteiger partial charge < -0.3 is 9.47 Å². The van der Waals surface area contributed by atoms with E-state index in [4.69, 9.17) is 9.47 Å². The molecule has 2 nitrogen and oxygen atoms in total. The van der Waals surface area contributed by atoms with Crippen molar-refractivity contribution in [3.05, 3.63) is 0 Å². The zero-order valence-electron chi connectivity index (χ0n) is 5.93. The minimum Gasteiger partial charge on any atom is -0.385 e. The van der Waals surface area contributed by atoms with Crippen molar-refractivity contribution in [2.75, 3.05) is 26.9 Å². The van der Waals surface area contributed by atoms with Crippen molar-refractivity contribution in [2.24, 2.45) is 5.92 Å². The van der Waals surface area contributed by atoms with E-state index < -0.39 is 0 Å². The second kappa shape index (κ2) is 3.85. The van der Waals surface area contributed by atoms with E-state index in [2.05, 4.69) is 0 Å². The van der Waals surface area contributed by atoms with Gasteiger partial charge in [0, 0.05) is 26.9 Å². The van der Waals surface area contributed by atoms with Gasteiger partial charge >= 0.3 is 0 Å². The van der Waals surface area contributed by atoms with Crippen LogP contribution in [0.1, 0.15) is 12.8 Å². The minimum absolute atomic E-state index is 0.768. The molecule has 1 unspecified atom stereocenters. The molecule has 0 aromatic rings. The lowest BCUT2D eigenvalue weighted by molar-refractivity contribution is 0.156. The van der Waals surface area contributed by atoms with E-state index in [1.807, 2.05) is 0 Å². The van der Waals surface area contributed by atoms with Crippen LogP contribution in [0.4, 0.5) is 0 Å². The molecule has 1 aliphatic heterocycles. The minimum atomic E-state index is 0.768. The van der Waals surface area contributed by atoms with Crippen LogP contribution in [0.3, 0.4) is 0 Å². The molecule has 1 aliphatic rings. The lowest BCUT2D eigenvalue weighted by atomic mass is 10.1. The molecule has 0 radical (unpaired) electrons. The third-order valence-electron chi connectivity index (χ3n) is 1.75. The second-order valence-electron chi connectivity index (χ2n) is 2.51. The number of hydrogen-bond donors (Lipinski definition) is 0. The summed E-state index contributed by atoms with van der Waals surface area (Å²) in [5.74, 6) is 0.768. The molecule has 0 N–H and O–H groups in total. The number of ether oxygens (including phenoxy) is 2. The maximum absolute atomic E-state index is 5.20. The van der Waals surface area contributed by atoms with E-state index in [1.165, 1.54) is 6.42 Å². The topological polar surface area (TPSA) is 18.5 Å². The fraction of sp³-hybridized carbons (Fsp3) is 1.00. The average molecular weight is 130 g/mol. The SMILES string of the molecule is COCCC1CCOC1. The summed E-state index contributed by atoms with van der Waals surface area (Å²) in [5, 5.41) is 0. The normalized spacial score (nSPS) is 27.0. The third kappa shape index (κ3) is 2.33. The maximum Gasteiger partial charge on any atom is 0.0495 e. The van der Waals surface area contributed by atoms with Crippen LogP contribution in [0.2, 0.25) is 0 Å². The highest BCUT2D eigenvalue weighted by molar-refractivity contribution is 4.62. The summed E-state index contributed by atoms with van der Waals surface area (Å²) in [6, 6.07) is 0. The van der Waals surface area contributed by atoms with Crippen molar-refractivity contribution in [1.29, 1.82) is 0 Å². The summed E-state index contributed by atoms with van der Waals surface area (Å²) in [5.41, 5.74) is 0. The summed E-state index contributed by atoms with van der Waals surface area (Å²) in [7, 11) is 1.75. The summed E-state index contributed by atoms with van der Waals surface area (Å²) in [6.07, 6.45) is 2.39. The van der Waals surface area contributed by atoms with Crippen LogP contribution in [0.25, 0.3) is 0 Å². The van der Waals surface area contributed by atoms with Gasteiger partial charge in [-0.25, -0.2) is 0 Å². The fourth-order valence-corrected chi connectivity index (χ4v) is 1.10. The van der Waals surface area contributed by atoms with Crippen LogP contribution in [-0.2, 0) is 9.47 Å². The van der Waals surface area contributed by atoms with Gasteiger partial charge in [0.25, 0.3) is 0 Å². The summed E-state index contributed by atoms with van der Waals surface area (Å²) >= 11 is 0. The first-order valence-electron chi connectivity index (χ1n) is 3.50. The Morgan fingerprint density at radius 2 is 2.56 bits per heavy atom. The Labute approximate surface area is 56.2 Å². The number of methoxy groups -OCH3 is 1. The highest BCUT2D eigenvalue weighted by Crippen LogP contribution is 2.15. The molecule has 1 rings (SSSR count). The third-order valence-corrected chi connectivity index (χ3v) is 1.75. The second-order valence-corrected chi connectivity index (χ2v) is 2.51. The molecule has 0 spiro atoms. The van der Waals surface area contributed by atoms with Gasteiger partial charge in [0.15, 0.2) is 0 Å². The van der Waals surface area contributed by atoms with Crippen molar-refractivity contribution >= 4 is 0 Å². The average Bonchev–Trinajstić information content (AvgIpc) is 2.34. The van der Waals surface area contributed by atoms with Crippen LogP contribution in [0.15, 0.2) is 0 Å². The first-order chi connectivity index (χ1) is 4.43. The van der Waals surface area contributed by atoms with Crippen molar-refractivity contribution in [2.45, 2.75) is 12.8 Å². The zero-order valence-corrected chi connectivity index (χ0v) is 5.93. The van der Waals surface area contributed by atoms with Crippen molar-refractivity contribution in [3.8, 4) is 0 Å². The Kier molecular flexibility index (Phi) is 3.01. The predicted octanol–water partition coefficient (Wildman–Crippen LogP) is 1.06. The van der Waals surface area contributed by atoms with Crippen molar-refractivity contribution in [1.82, 2.24) is 0 Å². The Morgan fingerprint density at radius 3 is 3.11 bits per heavy atom. The monoisotopic (exact) mass is 130 g/mol. The molecular weight excluding hydrogens is 116 g/mol. The van der Waals surface area contributed by atoms with E-state index in [1.54, 1.807) is 7.11 Å². The number of rotatable bonds is 3. The first kappa shape index (κ1) is 7.03. The summed E-state index contributed by atoms with van der Waals surface area (Å²) in [4.78, 5) is 0. The van der Waals surface area contributed by atoms with Gasteiger partial charge in [-0.15, -0.1) is 0 Å². The van der Waals surface area contributed by atoms with Gasteiger partial charge in [0.05, 0.1) is 0 Å². The Morgan fingerprint density at radius 1 is 1.67 bits per heavy atom. The van der Waals surface area contributed by atoms with Gasteiger partial charge in [-0.1, -0.05) is 0 Å². The molecule has 1 heterocycles. The molecule has 0 amide bonds.